The van der Waals surface area contributed by atoms with E-state index in [1.54, 1.807) is 0 Å². The van der Waals surface area contributed by atoms with Gasteiger partial charge in [0.15, 0.2) is 5.96 Å². The van der Waals surface area contributed by atoms with Crippen molar-refractivity contribution in [3.63, 3.8) is 0 Å². The third-order valence-corrected chi connectivity index (χ3v) is 5.58. The SMILES string of the molecule is CCNC(=NCc1ccnc(N2CCOC(C)C2)c1)N(C)Cc1ncc(-c2ccccc2)[nH]1.I. The van der Waals surface area contributed by atoms with Gasteiger partial charge in [-0.2, -0.15) is 0 Å². The van der Waals surface area contributed by atoms with Gasteiger partial charge in [-0.1, -0.05) is 30.3 Å². The second-order valence-corrected chi connectivity index (χ2v) is 8.29. The molecule has 0 aliphatic carbocycles. The number of pyridine rings is 1. The van der Waals surface area contributed by atoms with E-state index >= 15 is 0 Å². The molecule has 0 saturated carbocycles. The fraction of sp³-hybridized carbons (Fsp3) is 0.400. The Kier molecular flexibility index (Phi) is 9.70. The predicted molar refractivity (Wildman–Crippen MR) is 148 cm³/mol. The molecule has 1 fully saturated rings. The van der Waals surface area contributed by atoms with Crippen LogP contribution in [0.25, 0.3) is 11.3 Å². The van der Waals surface area contributed by atoms with Crippen molar-refractivity contribution in [3.8, 4) is 11.3 Å². The molecular weight excluding hydrogens is 541 g/mol. The molecule has 1 unspecified atom stereocenters. The summed E-state index contributed by atoms with van der Waals surface area (Å²) in [7, 11) is 2.03. The number of guanidine groups is 1. The van der Waals surface area contributed by atoms with Crippen LogP contribution in [-0.4, -0.2) is 65.2 Å². The lowest BCUT2D eigenvalue weighted by molar-refractivity contribution is 0.0529. The topological polar surface area (TPSA) is 81.7 Å². The second kappa shape index (κ2) is 12.7. The van der Waals surface area contributed by atoms with Gasteiger partial charge in [-0.05, 0) is 37.1 Å². The van der Waals surface area contributed by atoms with Gasteiger partial charge in [0.1, 0.15) is 11.6 Å². The van der Waals surface area contributed by atoms with E-state index in [9.17, 15) is 0 Å². The Labute approximate surface area is 218 Å². The first-order valence-corrected chi connectivity index (χ1v) is 11.5. The summed E-state index contributed by atoms with van der Waals surface area (Å²) >= 11 is 0. The summed E-state index contributed by atoms with van der Waals surface area (Å²) in [6.45, 7) is 8.64. The number of aliphatic imine (C=N–C) groups is 1. The van der Waals surface area contributed by atoms with E-state index < -0.39 is 0 Å². The number of benzene rings is 1. The first-order chi connectivity index (χ1) is 16.1. The summed E-state index contributed by atoms with van der Waals surface area (Å²) in [5.74, 6) is 2.73. The smallest absolute Gasteiger partial charge is 0.194 e. The van der Waals surface area contributed by atoms with Crippen molar-refractivity contribution >= 4 is 35.8 Å². The summed E-state index contributed by atoms with van der Waals surface area (Å²) in [5, 5.41) is 3.39. The lowest BCUT2D eigenvalue weighted by atomic mass is 10.2. The van der Waals surface area contributed by atoms with Crippen LogP contribution in [0, 0.1) is 0 Å². The van der Waals surface area contributed by atoms with Crippen LogP contribution < -0.4 is 10.2 Å². The number of aromatic nitrogens is 3. The van der Waals surface area contributed by atoms with Gasteiger partial charge < -0.3 is 24.8 Å². The minimum atomic E-state index is 0. The number of imidazole rings is 1. The van der Waals surface area contributed by atoms with Crippen molar-refractivity contribution in [2.24, 2.45) is 4.99 Å². The van der Waals surface area contributed by atoms with Crippen LogP contribution in [0.2, 0.25) is 0 Å². The van der Waals surface area contributed by atoms with Crippen LogP contribution in [0.15, 0.2) is 59.9 Å². The average Bonchev–Trinajstić information content (AvgIpc) is 3.31. The molecule has 34 heavy (non-hydrogen) atoms. The molecule has 0 spiro atoms. The number of morpholine rings is 1. The number of halogens is 1. The first-order valence-electron chi connectivity index (χ1n) is 11.5. The van der Waals surface area contributed by atoms with Crippen LogP contribution in [0.4, 0.5) is 5.82 Å². The first kappa shape index (κ1) is 26.0. The van der Waals surface area contributed by atoms with E-state index in [1.165, 1.54) is 0 Å². The van der Waals surface area contributed by atoms with E-state index in [-0.39, 0.29) is 30.1 Å². The van der Waals surface area contributed by atoms with Crippen molar-refractivity contribution in [2.45, 2.75) is 33.0 Å². The summed E-state index contributed by atoms with van der Waals surface area (Å²) in [5.41, 5.74) is 3.28. The molecular formula is C25H34IN7O. The highest BCUT2D eigenvalue weighted by atomic mass is 127. The maximum absolute atomic E-state index is 5.65. The molecule has 1 aromatic carbocycles. The number of anilines is 1. The molecule has 3 heterocycles. The van der Waals surface area contributed by atoms with E-state index in [2.05, 4.69) is 62.1 Å². The molecule has 2 N–H and O–H groups in total. The molecule has 0 radical (unpaired) electrons. The predicted octanol–water partition coefficient (Wildman–Crippen LogP) is 3.91. The summed E-state index contributed by atoms with van der Waals surface area (Å²) in [6, 6.07) is 14.4. The van der Waals surface area contributed by atoms with Crippen molar-refractivity contribution in [1.82, 2.24) is 25.2 Å². The van der Waals surface area contributed by atoms with Gasteiger partial charge in [0.2, 0.25) is 0 Å². The van der Waals surface area contributed by atoms with Crippen LogP contribution >= 0.6 is 24.0 Å². The minimum Gasteiger partial charge on any atom is -0.375 e. The number of nitrogens with one attached hydrogen (secondary N) is 2. The maximum atomic E-state index is 5.65. The summed E-state index contributed by atoms with van der Waals surface area (Å²) in [6.07, 6.45) is 3.97. The molecule has 3 aromatic rings. The van der Waals surface area contributed by atoms with Crippen molar-refractivity contribution < 1.29 is 4.74 Å². The highest BCUT2D eigenvalue weighted by Crippen LogP contribution is 2.18. The normalized spacial score (nSPS) is 16.1. The summed E-state index contributed by atoms with van der Waals surface area (Å²) < 4.78 is 5.65. The van der Waals surface area contributed by atoms with Crippen molar-refractivity contribution in [2.75, 3.05) is 38.2 Å². The molecule has 0 amide bonds. The standard InChI is InChI=1S/C25H33N7O.HI/c1-4-26-25(31(3)18-23-28-16-22(30-23)21-8-6-5-7-9-21)29-15-20-10-11-27-24(14-20)32-12-13-33-19(2)17-32;/h5-11,14,16,19H,4,12-13,15,17-18H2,1-3H3,(H,26,29)(H,28,30);1H. The molecule has 2 aromatic heterocycles. The Hall–Kier alpha value is -2.66. The average molecular weight is 575 g/mol. The van der Waals surface area contributed by atoms with Gasteiger partial charge in [-0.3, -0.25) is 0 Å². The van der Waals surface area contributed by atoms with Crippen molar-refractivity contribution in [1.29, 1.82) is 0 Å². The van der Waals surface area contributed by atoms with Gasteiger partial charge in [-0.25, -0.2) is 15.0 Å². The van der Waals surface area contributed by atoms with Crippen LogP contribution in [0.5, 0.6) is 0 Å². The molecule has 1 atom stereocenters. The molecule has 4 rings (SSSR count). The number of hydrogen-bond donors (Lipinski definition) is 2. The fourth-order valence-electron chi connectivity index (χ4n) is 3.90. The number of nitrogens with zero attached hydrogens (tertiary/aromatic N) is 5. The van der Waals surface area contributed by atoms with Gasteiger partial charge in [-0.15, -0.1) is 24.0 Å². The molecule has 0 bridgehead atoms. The lowest BCUT2D eigenvalue weighted by Gasteiger charge is -2.32. The quantitative estimate of drug-likeness (QED) is 0.253. The number of rotatable bonds is 7. The number of H-pyrrole nitrogens is 1. The zero-order chi connectivity index (χ0) is 23.0. The number of aromatic amines is 1. The molecule has 182 valence electrons. The van der Waals surface area contributed by atoms with Gasteiger partial charge in [0.25, 0.3) is 0 Å². The van der Waals surface area contributed by atoms with Crippen LogP contribution in [0.3, 0.4) is 0 Å². The third-order valence-electron chi connectivity index (χ3n) is 5.58. The molecule has 1 saturated heterocycles. The Morgan fingerprint density at radius 3 is 2.85 bits per heavy atom. The van der Waals surface area contributed by atoms with E-state index in [4.69, 9.17) is 9.73 Å². The van der Waals surface area contributed by atoms with Gasteiger partial charge >= 0.3 is 0 Å². The van der Waals surface area contributed by atoms with Gasteiger partial charge in [0.05, 0.1) is 37.7 Å². The lowest BCUT2D eigenvalue weighted by Crippen LogP contribution is -2.41. The monoisotopic (exact) mass is 575 g/mol. The van der Waals surface area contributed by atoms with Crippen molar-refractivity contribution in [3.05, 3.63) is 66.2 Å². The Bertz CT molecular complexity index is 1060. The van der Waals surface area contributed by atoms with Crippen LogP contribution in [0.1, 0.15) is 25.2 Å². The van der Waals surface area contributed by atoms with Crippen LogP contribution in [-0.2, 0) is 17.8 Å². The minimum absolute atomic E-state index is 0. The molecule has 9 heteroatoms. The zero-order valence-corrected chi connectivity index (χ0v) is 22.4. The fourth-order valence-corrected chi connectivity index (χ4v) is 3.90. The highest BCUT2D eigenvalue weighted by molar-refractivity contribution is 14.0. The Balaban J connectivity index is 0.00000324. The number of hydrogen-bond acceptors (Lipinski definition) is 5. The van der Waals surface area contributed by atoms with E-state index in [1.807, 2.05) is 43.7 Å². The molecule has 1 aliphatic heterocycles. The van der Waals surface area contributed by atoms with Gasteiger partial charge in [0, 0.05) is 32.9 Å². The van der Waals surface area contributed by atoms with E-state index in [0.29, 0.717) is 13.1 Å². The molecule has 1 aliphatic rings. The largest absolute Gasteiger partial charge is 0.375 e. The third kappa shape index (κ3) is 6.92. The summed E-state index contributed by atoms with van der Waals surface area (Å²) in [4.78, 5) is 21.8. The van der Waals surface area contributed by atoms with E-state index in [0.717, 1.165) is 60.7 Å². The molecule has 8 nitrogen and oxygen atoms in total. The number of ether oxygens (including phenoxy) is 1. The highest BCUT2D eigenvalue weighted by Gasteiger charge is 2.18. The Morgan fingerprint density at radius 2 is 2.09 bits per heavy atom. The zero-order valence-electron chi connectivity index (χ0n) is 20.1. The second-order valence-electron chi connectivity index (χ2n) is 8.29. The Morgan fingerprint density at radius 1 is 1.26 bits per heavy atom. The maximum Gasteiger partial charge on any atom is 0.194 e.